The first kappa shape index (κ1) is 8.25. The molecular weight excluding hydrogens is 236 g/mol. The van der Waals surface area contributed by atoms with Crippen molar-refractivity contribution in [2.24, 2.45) is 0 Å². The predicted octanol–water partition coefficient (Wildman–Crippen LogP) is 0.689. The molecule has 0 fully saturated rings. The lowest BCUT2D eigenvalue weighted by molar-refractivity contribution is -0.255. The van der Waals surface area contributed by atoms with Gasteiger partial charge in [-0.2, -0.15) is 0 Å². The molecule has 2 rings (SSSR count). The van der Waals surface area contributed by atoms with Crippen LogP contribution in [0.3, 0.4) is 0 Å². The molecule has 0 aliphatic carbocycles. The van der Waals surface area contributed by atoms with E-state index >= 15 is 0 Å². The quantitative estimate of drug-likeness (QED) is 0.745. The van der Waals surface area contributed by atoms with Gasteiger partial charge in [-0.25, -0.2) is 4.98 Å². The van der Waals surface area contributed by atoms with E-state index in [0.717, 1.165) is 5.39 Å². The zero-order valence-corrected chi connectivity index (χ0v) is 7.96. The number of carbonyl (C=O) groups excluding carboxylic acids is 1. The minimum Gasteiger partial charge on any atom is -0.543 e. The Morgan fingerprint density at radius 2 is 2.31 bits per heavy atom. The molecule has 0 spiro atoms. The third kappa shape index (κ3) is 1.42. The molecule has 5 heteroatoms. The minimum atomic E-state index is -1.22. The van der Waals surface area contributed by atoms with Crippen molar-refractivity contribution in [1.82, 2.24) is 9.97 Å². The zero-order valence-electron chi connectivity index (χ0n) is 6.37. The average molecular weight is 240 g/mol. The highest BCUT2D eigenvalue weighted by Gasteiger charge is 2.01. The maximum absolute atomic E-state index is 10.5. The van der Waals surface area contributed by atoms with Crippen LogP contribution in [0.25, 0.3) is 10.9 Å². The van der Waals surface area contributed by atoms with Gasteiger partial charge >= 0.3 is 0 Å². The lowest BCUT2D eigenvalue weighted by atomic mass is 10.3. The van der Waals surface area contributed by atoms with Gasteiger partial charge in [0.1, 0.15) is 4.60 Å². The number of carboxylic acids is 1. The molecule has 0 unspecified atom stereocenters. The molecule has 2 aromatic heterocycles. The highest BCUT2D eigenvalue weighted by molar-refractivity contribution is 9.10. The van der Waals surface area contributed by atoms with Gasteiger partial charge in [0.2, 0.25) is 0 Å². The summed E-state index contributed by atoms with van der Waals surface area (Å²) in [5.74, 6) is -1.22. The van der Waals surface area contributed by atoms with E-state index in [2.05, 4.69) is 25.9 Å². The maximum atomic E-state index is 10.5. The fourth-order valence-corrected chi connectivity index (χ4v) is 1.46. The highest BCUT2D eigenvalue weighted by atomic mass is 79.9. The minimum absolute atomic E-state index is 0.0647. The number of aromatic nitrogens is 2. The second kappa shape index (κ2) is 2.85. The lowest BCUT2D eigenvalue weighted by Crippen LogP contribution is -2.22. The van der Waals surface area contributed by atoms with Crippen LogP contribution in [0.4, 0.5) is 0 Å². The number of halogens is 1. The second-order valence-electron chi connectivity index (χ2n) is 2.56. The molecule has 66 valence electrons. The summed E-state index contributed by atoms with van der Waals surface area (Å²) in [6.07, 6.45) is 1.56. The van der Waals surface area contributed by atoms with Crippen LogP contribution in [0.15, 0.2) is 22.9 Å². The van der Waals surface area contributed by atoms with Gasteiger partial charge in [0.15, 0.2) is 0 Å². The van der Waals surface area contributed by atoms with E-state index in [1.165, 1.54) is 6.07 Å². The summed E-state index contributed by atoms with van der Waals surface area (Å²) in [4.78, 5) is 17.1. The van der Waals surface area contributed by atoms with Crippen molar-refractivity contribution in [3.63, 3.8) is 0 Å². The smallest absolute Gasteiger partial charge is 0.106 e. The van der Waals surface area contributed by atoms with E-state index in [4.69, 9.17) is 0 Å². The van der Waals surface area contributed by atoms with Crippen LogP contribution < -0.4 is 5.11 Å². The fraction of sp³-hybridized carbons (Fsp3) is 0. The SMILES string of the molecule is O=C([O-])c1cc2cc(Br)ncc2[nH]1. The molecular formula is C8H4BrN2O2-. The molecule has 1 N–H and O–H groups in total. The van der Waals surface area contributed by atoms with Crippen LogP contribution >= 0.6 is 15.9 Å². The monoisotopic (exact) mass is 239 g/mol. The summed E-state index contributed by atoms with van der Waals surface area (Å²) in [5.41, 5.74) is 0.748. The van der Waals surface area contributed by atoms with Gasteiger partial charge in [-0.1, -0.05) is 0 Å². The van der Waals surface area contributed by atoms with E-state index in [-0.39, 0.29) is 5.69 Å². The van der Waals surface area contributed by atoms with Crippen LogP contribution in [0.1, 0.15) is 10.5 Å². The second-order valence-corrected chi connectivity index (χ2v) is 3.38. The number of carboxylic acid groups (broad SMARTS) is 1. The number of hydrogen-bond donors (Lipinski definition) is 1. The Morgan fingerprint density at radius 3 is 3.00 bits per heavy atom. The number of rotatable bonds is 1. The summed E-state index contributed by atoms with van der Waals surface area (Å²) in [6.45, 7) is 0. The Kier molecular flexibility index (Phi) is 1.81. The predicted molar refractivity (Wildman–Crippen MR) is 48.1 cm³/mol. The molecule has 0 saturated heterocycles. The number of H-pyrrole nitrogens is 1. The first-order valence-electron chi connectivity index (χ1n) is 3.52. The normalized spacial score (nSPS) is 10.5. The molecule has 0 bridgehead atoms. The summed E-state index contributed by atoms with van der Waals surface area (Å²) in [5, 5.41) is 11.3. The van der Waals surface area contributed by atoms with Crippen molar-refractivity contribution in [1.29, 1.82) is 0 Å². The van der Waals surface area contributed by atoms with Crippen molar-refractivity contribution in [2.75, 3.05) is 0 Å². The van der Waals surface area contributed by atoms with Gasteiger partial charge in [-0.05, 0) is 28.1 Å². The molecule has 0 aromatic carbocycles. The largest absolute Gasteiger partial charge is 0.543 e. The van der Waals surface area contributed by atoms with Gasteiger partial charge in [0.05, 0.1) is 23.4 Å². The van der Waals surface area contributed by atoms with E-state index in [1.807, 2.05) is 0 Å². The van der Waals surface area contributed by atoms with Crippen LogP contribution in [-0.2, 0) is 0 Å². The van der Waals surface area contributed by atoms with E-state index < -0.39 is 5.97 Å². The standard InChI is InChI=1S/C8H5BrN2O2/c9-7-2-4-1-5(8(12)13)11-6(4)3-10-7/h1-3,11H,(H,12,13)/p-1. The van der Waals surface area contributed by atoms with E-state index in [0.29, 0.717) is 10.1 Å². The van der Waals surface area contributed by atoms with Gasteiger partial charge in [0.25, 0.3) is 0 Å². The summed E-state index contributed by atoms with van der Waals surface area (Å²) >= 11 is 3.19. The number of nitrogens with one attached hydrogen (secondary N) is 1. The van der Waals surface area contributed by atoms with Gasteiger partial charge in [-0.15, -0.1) is 0 Å². The Labute approximate surface area is 81.7 Å². The van der Waals surface area contributed by atoms with Crippen LogP contribution in [-0.4, -0.2) is 15.9 Å². The summed E-state index contributed by atoms with van der Waals surface area (Å²) < 4.78 is 0.670. The molecule has 0 saturated carbocycles. The molecule has 2 aromatic rings. The Balaban J connectivity index is 2.68. The topological polar surface area (TPSA) is 68.8 Å². The first-order valence-corrected chi connectivity index (χ1v) is 4.32. The molecule has 0 radical (unpaired) electrons. The molecule has 13 heavy (non-hydrogen) atoms. The number of pyridine rings is 1. The highest BCUT2D eigenvalue weighted by Crippen LogP contribution is 2.17. The fourth-order valence-electron chi connectivity index (χ4n) is 1.11. The number of fused-ring (bicyclic) bond motifs is 1. The molecule has 0 aliphatic rings. The average Bonchev–Trinajstić information content (AvgIpc) is 2.46. The first-order chi connectivity index (χ1) is 6.16. The van der Waals surface area contributed by atoms with Gasteiger partial charge in [-0.3, -0.25) is 0 Å². The Bertz CT molecular complexity index is 478. The Morgan fingerprint density at radius 1 is 1.54 bits per heavy atom. The van der Waals surface area contributed by atoms with Crippen molar-refractivity contribution < 1.29 is 9.90 Å². The number of aromatic carboxylic acids is 1. The van der Waals surface area contributed by atoms with Gasteiger partial charge < -0.3 is 14.9 Å². The number of aromatic amines is 1. The third-order valence-corrected chi connectivity index (χ3v) is 2.13. The molecule has 0 amide bonds. The molecule has 0 aliphatic heterocycles. The maximum Gasteiger partial charge on any atom is 0.106 e. The number of nitrogens with zero attached hydrogens (tertiary/aromatic N) is 1. The van der Waals surface area contributed by atoms with E-state index in [1.54, 1.807) is 12.3 Å². The molecule has 2 heterocycles. The van der Waals surface area contributed by atoms with Crippen LogP contribution in [0.2, 0.25) is 0 Å². The number of hydrogen-bond acceptors (Lipinski definition) is 3. The van der Waals surface area contributed by atoms with Crippen molar-refractivity contribution in [2.45, 2.75) is 0 Å². The van der Waals surface area contributed by atoms with Crippen molar-refractivity contribution >= 4 is 32.8 Å². The van der Waals surface area contributed by atoms with Gasteiger partial charge in [0, 0.05) is 5.39 Å². The molecule has 0 atom stereocenters. The lowest BCUT2D eigenvalue weighted by Gasteiger charge is -1.93. The zero-order chi connectivity index (χ0) is 9.42. The van der Waals surface area contributed by atoms with Crippen molar-refractivity contribution in [3.8, 4) is 0 Å². The van der Waals surface area contributed by atoms with Crippen LogP contribution in [0.5, 0.6) is 0 Å². The van der Waals surface area contributed by atoms with E-state index in [9.17, 15) is 9.90 Å². The summed E-state index contributed by atoms with van der Waals surface area (Å²) in [7, 11) is 0. The van der Waals surface area contributed by atoms with Crippen LogP contribution in [0, 0.1) is 0 Å². The van der Waals surface area contributed by atoms with Crippen molar-refractivity contribution in [3.05, 3.63) is 28.6 Å². The third-order valence-electron chi connectivity index (χ3n) is 1.69. The Hall–Kier alpha value is -1.36. The summed E-state index contributed by atoms with van der Waals surface area (Å²) in [6, 6.07) is 3.25. The molecule has 4 nitrogen and oxygen atoms in total. The number of carbonyl (C=O) groups is 1.